The van der Waals surface area contributed by atoms with Gasteiger partial charge in [-0.1, -0.05) is 19.9 Å². The molecule has 0 aliphatic heterocycles. The van der Waals surface area contributed by atoms with Gasteiger partial charge in [0.05, 0.1) is 7.11 Å². The number of esters is 1. The number of rotatable bonds is 5. The van der Waals surface area contributed by atoms with E-state index in [-0.39, 0.29) is 5.97 Å². The van der Waals surface area contributed by atoms with E-state index in [0.29, 0.717) is 24.6 Å². The topological polar surface area (TPSA) is 65.5 Å². The molecule has 0 aliphatic carbocycles. The number of hydrogen-bond acceptors (Lipinski definition) is 4. The maximum absolute atomic E-state index is 11.8. The molecular formula is C16H21NO3. The standard InChI is InChI=1S/C16H21NO3/c1-10(2)11-4-5-14-12(8-11)9-15(20-14)13(6-7-17)16(18)19-3/h4-5,8-10,13H,6-7,17H2,1-3H3. The second-order valence-electron chi connectivity index (χ2n) is 5.25. The van der Waals surface area contributed by atoms with Gasteiger partial charge in [0.2, 0.25) is 0 Å². The average Bonchev–Trinajstić information content (AvgIpc) is 2.86. The highest BCUT2D eigenvalue weighted by Gasteiger charge is 2.24. The van der Waals surface area contributed by atoms with Gasteiger partial charge in [-0.05, 0) is 42.6 Å². The Balaban J connectivity index is 2.41. The Morgan fingerprint density at radius 3 is 2.70 bits per heavy atom. The van der Waals surface area contributed by atoms with Crippen LogP contribution in [0.2, 0.25) is 0 Å². The van der Waals surface area contributed by atoms with Gasteiger partial charge in [-0.25, -0.2) is 0 Å². The SMILES string of the molecule is COC(=O)C(CCN)c1cc2cc(C(C)C)ccc2o1. The van der Waals surface area contributed by atoms with Crippen molar-refractivity contribution in [2.45, 2.75) is 32.1 Å². The van der Waals surface area contributed by atoms with Crippen molar-refractivity contribution in [2.24, 2.45) is 5.73 Å². The number of methoxy groups -OCH3 is 1. The van der Waals surface area contributed by atoms with Gasteiger partial charge in [0.1, 0.15) is 17.3 Å². The summed E-state index contributed by atoms with van der Waals surface area (Å²) in [6.07, 6.45) is 0.517. The number of carbonyl (C=O) groups excluding carboxylic acids is 1. The molecule has 1 aromatic heterocycles. The molecule has 0 spiro atoms. The van der Waals surface area contributed by atoms with Gasteiger partial charge in [-0.3, -0.25) is 4.79 Å². The Hall–Kier alpha value is -1.81. The second-order valence-corrected chi connectivity index (χ2v) is 5.25. The average molecular weight is 275 g/mol. The lowest BCUT2D eigenvalue weighted by molar-refractivity contribution is -0.142. The molecule has 0 radical (unpaired) electrons. The van der Waals surface area contributed by atoms with Gasteiger partial charge in [0.25, 0.3) is 0 Å². The third-order valence-electron chi connectivity index (χ3n) is 3.51. The molecular weight excluding hydrogens is 254 g/mol. The van der Waals surface area contributed by atoms with Crippen molar-refractivity contribution < 1.29 is 13.9 Å². The molecule has 20 heavy (non-hydrogen) atoms. The first kappa shape index (κ1) is 14.6. The number of nitrogens with two attached hydrogens (primary N) is 1. The van der Waals surface area contributed by atoms with E-state index in [1.165, 1.54) is 12.7 Å². The van der Waals surface area contributed by atoms with Crippen molar-refractivity contribution in [2.75, 3.05) is 13.7 Å². The number of furan rings is 1. The van der Waals surface area contributed by atoms with Crippen LogP contribution in [0.4, 0.5) is 0 Å². The molecule has 1 unspecified atom stereocenters. The summed E-state index contributed by atoms with van der Waals surface area (Å²) in [6.45, 7) is 4.70. The Bertz CT molecular complexity index is 601. The minimum Gasteiger partial charge on any atom is -0.468 e. The van der Waals surface area contributed by atoms with E-state index in [9.17, 15) is 4.79 Å². The molecule has 1 heterocycles. The second kappa shape index (κ2) is 6.09. The van der Waals surface area contributed by atoms with E-state index in [4.69, 9.17) is 14.9 Å². The van der Waals surface area contributed by atoms with Crippen molar-refractivity contribution in [3.05, 3.63) is 35.6 Å². The van der Waals surface area contributed by atoms with E-state index in [1.54, 1.807) is 0 Å². The van der Waals surface area contributed by atoms with Crippen LogP contribution in [0, 0.1) is 0 Å². The molecule has 0 aliphatic rings. The lowest BCUT2D eigenvalue weighted by Crippen LogP contribution is -2.17. The molecule has 0 fully saturated rings. The quantitative estimate of drug-likeness (QED) is 0.851. The van der Waals surface area contributed by atoms with E-state index < -0.39 is 5.92 Å². The summed E-state index contributed by atoms with van der Waals surface area (Å²) in [4.78, 5) is 11.8. The highest BCUT2D eigenvalue weighted by molar-refractivity contribution is 5.83. The first-order chi connectivity index (χ1) is 9.56. The van der Waals surface area contributed by atoms with Crippen LogP contribution >= 0.6 is 0 Å². The summed E-state index contributed by atoms with van der Waals surface area (Å²) in [5.74, 6) is 0.342. The van der Waals surface area contributed by atoms with Crippen molar-refractivity contribution in [1.29, 1.82) is 0 Å². The summed E-state index contributed by atoms with van der Waals surface area (Å²) in [5.41, 5.74) is 7.60. The minimum atomic E-state index is -0.431. The van der Waals surface area contributed by atoms with Gasteiger partial charge in [-0.2, -0.15) is 0 Å². The first-order valence-corrected chi connectivity index (χ1v) is 6.88. The Morgan fingerprint density at radius 2 is 2.10 bits per heavy atom. The normalized spacial score (nSPS) is 12.8. The maximum atomic E-state index is 11.8. The zero-order valence-electron chi connectivity index (χ0n) is 12.2. The fourth-order valence-electron chi connectivity index (χ4n) is 2.30. The first-order valence-electron chi connectivity index (χ1n) is 6.88. The van der Waals surface area contributed by atoms with Crippen molar-refractivity contribution >= 4 is 16.9 Å². The Labute approximate surface area is 118 Å². The zero-order valence-corrected chi connectivity index (χ0v) is 12.2. The van der Waals surface area contributed by atoms with E-state index in [0.717, 1.165) is 11.0 Å². The number of hydrogen-bond donors (Lipinski definition) is 1. The van der Waals surface area contributed by atoms with Crippen LogP contribution in [-0.2, 0) is 9.53 Å². The predicted molar refractivity (Wildman–Crippen MR) is 78.7 cm³/mol. The molecule has 4 heteroatoms. The van der Waals surface area contributed by atoms with Crippen molar-refractivity contribution in [3.63, 3.8) is 0 Å². The van der Waals surface area contributed by atoms with Crippen LogP contribution in [0.5, 0.6) is 0 Å². The number of carbonyl (C=O) groups is 1. The van der Waals surface area contributed by atoms with Crippen LogP contribution in [0.1, 0.15) is 43.4 Å². The Kier molecular flexibility index (Phi) is 4.45. The Morgan fingerprint density at radius 1 is 1.35 bits per heavy atom. The molecule has 108 valence electrons. The monoisotopic (exact) mass is 275 g/mol. The van der Waals surface area contributed by atoms with Crippen molar-refractivity contribution in [1.82, 2.24) is 0 Å². The summed E-state index contributed by atoms with van der Waals surface area (Å²) >= 11 is 0. The van der Waals surface area contributed by atoms with Gasteiger partial charge in [-0.15, -0.1) is 0 Å². The summed E-state index contributed by atoms with van der Waals surface area (Å²) < 4.78 is 10.6. The summed E-state index contributed by atoms with van der Waals surface area (Å²) in [5, 5.41) is 1.01. The molecule has 2 rings (SSSR count). The van der Waals surface area contributed by atoms with Gasteiger partial charge >= 0.3 is 5.97 Å². The fourth-order valence-corrected chi connectivity index (χ4v) is 2.30. The van der Waals surface area contributed by atoms with Gasteiger partial charge in [0, 0.05) is 5.39 Å². The molecule has 2 N–H and O–H groups in total. The molecule has 0 saturated heterocycles. The number of fused-ring (bicyclic) bond motifs is 1. The third-order valence-corrected chi connectivity index (χ3v) is 3.51. The van der Waals surface area contributed by atoms with E-state index in [2.05, 4.69) is 26.0 Å². The van der Waals surface area contributed by atoms with E-state index in [1.807, 2.05) is 12.1 Å². The lowest BCUT2D eigenvalue weighted by Gasteiger charge is -2.10. The van der Waals surface area contributed by atoms with Crippen LogP contribution in [0.25, 0.3) is 11.0 Å². The van der Waals surface area contributed by atoms with Crippen LogP contribution in [-0.4, -0.2) is 19.6 Å². The van der Waals surface area contributed by atoms with Gasteiger partial charge < -0.3 is 14.9 Å². The largest absolute Gasteiger partial charge is 0.468 e. The van der Waals surface area contributed by atoms with Crippen molar-refractivity contribution in [3.8, 4) is 0 Å². The van der Waals surface area contributed by atoms with Gasteiger partial charge in [0.15, 0.2) is 0 Å². The molecule has 2 aromatic rings. The summed E-state index contributed by atoms with van der Waals surface area (Å²) in [6, 6.07) is 8.02. The maximum Gasteiger partial charge on any atom is 0.316 e. The molecule has 0 amide bonds. The highest BCUT2D eigenvalue weighted by Crippen LogP contribution is 2.30. The molecule has 0 bridgehead atoms. The smallest absolute Gasteiger partial charge is 0.316 e. The molecule has 0 saturated carbocycles. The minimum absolute atomic E-state index is 0.307. The zero-order chi connectivity index (χ0) is 14.7. The summed E-state index contributed by atoms with van der Waals surface area (Å²) in [7, 11) is 1.38. The number of ether oxygens (including phenoxy) is 1. The lowest BCUT2D eigenvalue weighted by atomic mass is 10.0. The third kappa shape index (κ3) is 2.85. The number of benzene rings is 1. The fraction of sp³-hybridized carbons (Fsp3) is 0.438. The predicted octanol–water partition coefficient (Wildman–Crippen LogP) is 3.16. The molecule has 4 nitrogen and oxygen atoms in total. The van der Waals surface area contributed by atoms with Crippen LogP contribution < -0.4 is 5.73 Å². The molecule has 1 atom stereocenters. The van der Waals surface area contributed by atoms with E-state index >= 15 is 0 Å². The van der Waals surface area contributed by atoms with Crippen LogP contribution in [0.15, 0.2) is 28.7 Å². The highest BCUT2D eigenvalue weighted by atomic mass is 16.5. The van der Waals surface area contributed by atoms with Crippen LogP contribution in [0.3, 0.4) is 0 Å². The molecule has 1 aromatic carbocycles.